The number of fused-ring (bicyclic) bond motifs is 1. The summed E-state index contributed by atoms with van der Waals surface area (Å²) in [5, 5.41) is 9.36. The van der Waals surface area contributed by atoms with E-state index in [1.54, 1.807) is 0 Å². The van der Waals surface area contributed by atoms with Gasteiger partial charge in [0, 0.05) is 31.4 Å². The molecule has 0 aliphatic rings. The number of carboxylic acid groups (broad SMARTS) is 1. The molecule has 104 valence electrons. The average Bonchev–Trinajstić information content (AvgIpc) is 2.71. The third-order valence-corrected chi connectivity index (χ3v) is 2.42. The zero-order chi connectivity index (χ0) is 14.9. The van der Waals surface area contributed by atoms with Gasteiger partial charge in [-0.3, -0.25) is 9.59 Å². The molecule has 0 amide bonds. The van der Waals surface area contributed by atoms with Gasteiger partial charge in [-0.05, 0) is 6.07 Å². The van der Waals surface area contributed by atoms with Crippen LogP contribution in [0.15, 0.2) is 18.2 Å². The summed E-state index contributed by atoms with van der Waals surface area (Å²) in [6, 6.07) is 4.15. The summed E-state index contributed by atoms with van der Waals surface area (Å²) in [4.78, 5) is 35.6. The normalized spacial score (nSPS) is 10.3. The molecule has 0 spiro atoms. The second-order valence-electron chi connectivity index (χ2n) is 4.06. The minimum absolute atomic E-state index is 0.0617. The maximum absolute atomic E-state index is 11.1. The Labute approximate surface area is 113 Å². The second kappa shape index (κ2) is 5.04. The Bertz CT molecular complexity index is 715. The minimum Gasteiger partial charge on any atom is -0.477 e. The van der Waals surface area contributed by atoms with Crippen LogP contribution in [0, 0.1) is 0 Å². The van der Waals surface area contributed by atoms with Gasteiger partial charge in [-0.2, -0.15) is 0 Å². The molecule has 1 heterocycles. The van der Waals surface area contributed by atoms with Crippen LogP contribution in [-0.2, 0) is 9.59 Å². The van der Waals surface area contributed by atoms with Crippen LogP contribution in [0.3, 0.4) is 0 Å². The van der Waals surface area contributed by atoms with Crippen molar-refractivity contribution < 1.29 is 29.0 Å². The van der Waals surface area contributed by atoms with E-state index in [4.69, 9.17) is 14.6 Å². The number of aromatic nitrogens is 1. The lowest BCUT2D eigenvalue weighted by atomic mass is 10.2. The average molecular weight is 277 g/mol. The van der Waals surface area contributed by atoms with Crippen LogP contribution in [0.2, 0.25) is 0 Å². The van der Waals surface area contributed by atoms with Crippen molar-refractivity contribution in [3.8, 4) is 11.5 Å². The van der Waals surface area contributed by atoms with Crippen LogP contribution < -0.4 is 9.47 Å². The lowest BCUT2D eigenvalue weighted by Gasteiger charge is -2.06. The number of benzene rings is 1. The maximum Gasteiger partial charge on any atom is 0.352 e. The van der Waals surface area contributed by atoms with Crippen molar-refractivity contribution in [1.29, 1.82) is 0 Å². The molecule has 0 saturated carbocycles. The first-order valence-electron chi connectivity index (χ1n) is 5.63. The van der Waals surface area contributed by atoms with Gasteiger partial charge < -0.3 is 19.6 Å². The molecule has 20 heavy (non-hydrogen) atoms. The molecule has 1 aromatic heterocycles. The van der Waals surface area contributed by atoms with Crippen molar-refractivity contribution in [2.24, 2.45) is 0 Å². The van der Waals surface area contributed by atoms with Gasteiger partial charge in [0.2, 0.25) is 0 Å². The molecule has 0 saturated heterocycles. The molecule has 0 bridgehead atoms. The predicted octanol–water partition coefficient (Wildman–Crippen LogP) is 1.72. The van der Waals surface area contributed by atoms with Crippen molar-refractivity contribution in [1.82, 2.24) is 4.98 Å². The Morgan fingerprint density at radius 1 is 1.05 bits per heavy atom. The van der Waals surface area contributed by atoms with E-state index in [1.807, 2.05) is 0 Å². The molecule has 7 nitrogen and oxygen atoms in total. The molecule has 0 radical (unpaired) electrons. The fourth-order valence-corrected chi connectivity index (χ4v) is 1.76. The Balaban J connectivity index is 2.60. The smallest absolute Gasteiger partial charge is 0.352 e. The van der Waals surface area contributed by atoms with Gasteiger partial charge in [0.05, 0.1) is 5.52 Å². The first-order chi connectivity index (χ1) is 9.36. The fourth-order valence-electron chi connectivity index (χ4n) is 1.76. The van der Waals surface area contributed by atoms with Crippen LogP contribution in [0.1, 0.15) is 24.3 Å². The molecular weight excluding hydrogens is 266 g/mol. The molecule has 2 N–H and O–H groups in total. The highest BCUT2D eigenvalue weighted by Gasteiger charge is 2.15. The molecule has 0 fully saturated rings. The van der Waals surface area contributed by atoms with Crippen LogP contribution in [-0.4, -0.2) is 28.0 Å². The fraction of sp³-hybridized carbons (Fsp3) is 0.154. The van der Waals surface area contributed by atoms with E-state index >= 15 is 0 Å². The largest absolute Gasteiger partial charge is 0.477 e. The zero-order valence-corrected chi connectivity index (χ0v) is 10.7. The first kappa shape index (κ1) is 13.6. The molecular formula is C13H11NO6. The summed E-state index contributed by atoms with van der Waals surface area (Å²) in [5.41, 5.74) is 0.325. The van der Waals surface area contributed by atoms with E-state index in [2.05, 4.69) is 4.98 Å². The second-order valence-corrected chi connectivity index (χ2v) is 4.06. The van der Waals surface area contributed by atoms with E-state index in [0.717, 1.165) is 0 Å². The third-order valence-electron chi connectivity index (χ3n) is 2.42. The molecule has 0 unspecified atom stereocenters. The highest BCUT2D eigenvalue weighted by atomic mass is 16.5. The highest BCUT2D eigenvalue weighted by Crippen LogP contribution is 2.32. The Kier molecular flexibility index (Phi) is 3.43. The van der Waals surface area contributed by atoms with Crippen LogP contribution >= 0.6 is 0 Å². The zero-order valence-electron chi connectivity index (χ0n) is 10.7. The molecule has 2 aromatic rings. The topological polar surface area (TPSA) is 106 Å². The number of rotatable bonds is 3. The van der Waals surface area contributed by atoms with Crippen LogP contribution in [0.4, 0.5) is 0 Å². The number of carbonyl (C=O) groups excluding carboxylic acids is 2. The molecule has 1 aromatic carbocycles. The number of carbonyl (C=O) groups is 3. The van der Waals surface area contributed by atoms with Crippen molar-refractivity contribution in [3.05, 3.63) is 23.9 Å². The SMILES string of the molecule is CC(=O)Oc1cc(OC(C)=O)c2cc(C(=O)O)[nH]c2c1. The van der Waals surface area contributed by atoms with Crippen molar-refractivity contribution >= 4 is 28.8 Å². The summed E-state index contributed by atoms with van der Waals surface area (Å²) >= 11 is 0. The van der Waals surface area contributed by atoms with Gasteiger partial charge in [-0.25, -0.2) is 4.79 Å². The summed E-state index contributed by atoms with van der Waals surface area (Å²) in [6.07, 6.45) is 0. The summed E-state index contributed by atoms with van der Waals surface area (Å²) in [5.74, 6) is -1.98. The quantitative estimate of drug-likeness (QED) is 0.653. The minimum atomic E-state index is -1.15. The maximum atomic E-state index is 11.1. The van der Waals surface area contributed by atoms with Crippen molar-refractivity contribution in [3.63, 3.8) is 0 Å². The Hall–Kier alpha value is -2.83. The molecule has 0 aliphatic carbocycles. The van der Waals surface area contributed by atoms with Crippen molar-refractivity contribution in [2.75, 3.05) is 0 Å². The van der Waals surface area contributed by atoms with E-state index in [9.17, 15) is 14.4 Å². The molecule has 0 atom stereocenters. The molecule has 0 aliphatic heterocycles. The van der Waals surface area contributed by atoms with Gasteiger partial charge in [-0.15, -0.1) is 0 Å². The first-order valence-corrected chi connectivity index (χ1v) is 5.63. The number of hydrogen-bond donors (Lipinski definition) is 2. The van der Waals surface area contributed by atoms with Crippen molar-refractivity contribution in [2.45, 2.75) is 13.8 Å². The molecule has 2 rings (SSSR count). The van der Waals surface area contributed by atoms with Gasteiger partial charge in [-0.1, -0.05) is 0 Å². The van der Waals surface area contributed by atoms with Gasteiger partial charge in [0.15, 0.2) is 0 Å². The Morgan fingerprint density at radius 2 is 1.70 bits per heavy atom. The lowest BCUT2D eigenvalue weighted by Crippen LogP contribution is -2.04. The Morgan fingerprint density at radius 3 is 2.25 bits per heavy atom. The number of ether oxygens (including phenoxy) is 2. The lowest BCUT2D eigenvalue weighted by molar-refractivity contribution is -0.132. The number of aromatic amines is 1. The van der Waals surface area contributed by atoms with E-state index < -0.39 is 17.9 Å². The standard InChI is InChI=1S/C13H11NO6/c1-6(15)19-8-3-10-9(5-11(14-10)13(17)18)12(4-8)20-7(2)16/h3-5,14H,1-2H3,(H,17,18). The van der Waals surface area contributed by atoms with E-state index in [-0.39, 0.29) is 17.2 Å². The highest BCUT2D eigenvalue weighted by molar-refractivity contribution is 5.97. The number of H-pyrrole nitrogens is 1. The van der Waals surface area contributed by atoms with Gasteiger partial charge >= 0.3 is 17.9 Å². The van der Waals surface area contributed by atoms with Crippen LogP contribution in [0.25, 0.3) is 10.9 Å². The number of hydrogen-bond acceptors (Lipinski definition) is 5. The summed E-state index contributed by atoms with van der Waals surface area (Å²) < 4.78 is 9.92. The van der Waals surface area contributed by atoms with Gasteiger partial charge in [0.25, 0.3) is 0 Å². The van der Waals surface area contributed by atoms with Gasteiger partial charge in [0.1, 0.15) is 17.2 Å². The van der Waals surface area contributed by atoms with E-state index in [0.29, 0.717) is 10.9 Å². The number of aromatic carboxylic acids is 1. The number of nitrogens with one attached hydrogen (secondary N) is 1. The number of esters is 2. The number of carboxylic acids is 1. The summed E-state index contributed by atoms with van der Waals surface area (Å²) in [7, 11) is 0. The predicted molar refractivity (Wildman–Crippen MR) is 67.9 cm³/mol. The summed E-state index contributed by atoms with van der Waals surface area (Å²) in [6.45, 7) is 2.45. The van der Waals surface area contributed by atoms with E-state index in [1.165, 1.54) is 32.0 Å². The van der Waals surface area contributed by atoms with Crippen LogP contribution in [0.5, 0.6) is 11.5 Å². The molecule has 7 heteroatoms. The third kappa shape index (κ3) is 2.77. The monoisotopic (exact) mass is 277 g/mol.